The molecular formula is C24H20ClN3O3. The number of rotatable bonds is 5. The number of likely N-dealkylation sites (N-methyl/N-ethyl adjacent to an activating group) is 1. The Morgan fingerprint density at radius 1 is 1.10 bits per heavy atom. The highest BCUT2D eigenvalue weighted by Gasteiger charge is 2.15. The van der Waals surface area contributed by atoms with Gasteiger partial charge in [0, 0.05) is 47.6 Å². The van der Waals surface area contributed by atoms with E-state index in [0.29, 0.717) is 28.6 Å². The van der Waals surface area contributed by atoms with Crippen molar-refractivity contribution < 1.29 is 9.66 Å². The molecule has 1 aliphatic rings. The topological polar surface area (TPSA) is 68.0 Å². The van der Waals surface area contributed by atoms with E-state index < -0.39 is 4.92 Å². The zero-order chi connectivity index (χ0) is 21.8. The quantitative estimate of drug-likeness (QED) is 0.366. The second kappa shape index (κ2) is 9.02. The summed E-state index contributed by atoms with van der Waals surface area (Å²) in [6, 6.07) is 19.5. The molecule has 0 bridgehead atoms. The largest absolute Gasteiger partial charge is 0.457 e. The molecule has 6 nitrogen and oxygen atoms in total. The van der Waals surface area contributed by atoms with Gasteiger partial charge in [-0.3, -0.25) is 15.1 Å². The van der Waals surface area contributed by atoms with Crippen molar-refractivity contribution in [2.75, 3.05) is 25.0 Å². The van der Waals surface area contributed by atoms with E-state index in [1.165, 1.54) is 12.1 Å². The number of benzene rings is 3. The fraction of sp³-hybridized carbons (Fsp3) is 0.125. The lowest BCUT2D eigenvalue weighted by Gasteiger charge is -2.18. The molecule has 3 aromatic carbocycles. The van der Waals surface area contributed by atoms with Crippen LogP contribution in [0.3, 0.4) is 0 Å². The van der Waals surface area contributed by atoms with E-state index in [1.807, 2.05) is 31.3 Å². The van der Waals surface area contributed by atoms with Gasteiger partial charge in [0.25, 0.3) is 5.69 Å². The number of ether oxygens (including phenoxy) is 1. The fourth-order valence-corrected chi connectivity index (χ4v) is 3.49. The molecule has 0 unspecified atom stereocenters. The summed E-state index contributed by atoms with van der Waals surface area (Å²) < 4.78 is 5.97. The number of anilines is 1. The monoisotopic (exact) mass is 433 g/mol. The summed E-state index contributed by atoms with van der Waals surface area (Å²) in [5.41, 5.74) is 3.52. The van der Waals surface area contributed by atoms with Crippen molar-refractivity contribution in [1.29, 1.82) is 0 Å². The Balaban J connectivity index is 1.71. The summed E-state index contributed by atoms with van der Waals surface area (Å²) in [5, 5.41) is 11.9. The van der Waals surface area contributed by atoms with Crippen molar-refractivity contribution in [3.05, 3.63) is 99.1 Å². The molecule has 3 aromatic rings. The van der Waals surface area contributed by atoms with Gasteiger partial charge in [-0.1, -0.05) is 29.8 Å². The number of allylic oxidation sites excluding steroid dienone is 1. The van der Waals surface area contributed by atoms with E-state index in [1.54, 1.807) is 36.4 Å². The number of nitro groups is 1. The number of hydrogen-bond donors (Lipinski definition) is 0. The highest BCUT2D eigenvalue weighted by atomic mass is 35.5. The van der Waals surface area contributed by atoms with Crippen LogP contribution in [0, 0.1) is 10.1 Å². The molecule has 31 heavy (non-hydrogen) atoms. The Hall–Kier alpha value is -3.64. The Kier molecular flexibility index (Phi) is 6.00. The molecule has 0 aromatic heterocycles. The lowest BCUT2D eigenvalue weighted by Crippen LogP contribution is -2.20. The zero-order valence-corrected chi connectivity index (χ0v) is 17.6. The zero-order valence-electron chi connectivity index (χ0n) is 16.9. The number of nitrogens with zero attached hydrogens (tertiary/aromatic N) is 3. The molecular weight excluding hydrogens is 414 g/mol. The van der Waals surface area contributed by atoms with Crippen molar-refractivity contribution in [3.8, 4) is 11.5 Å². The van der Waals surface area contributed by atoms with Crippen LogP contribution in [0.25, 0.3) is 6.08 Å². The summed E-state index contributed by atoms with van der Waals surface area (Å²) in [6.45, 7) is 1.48. The van der Waals surface area contributed by atoms with Crippen molar-refractivity contribution in [2.45, 2.75) is 0 Å². The van der Waals surface area contributed by atoms with Gasteiger partial charge in [-0.05, 0) is 48.6 Å². The van der Waals surface area contributed by atoms with Gasteiger partial charge in [-0.2, -0.15) is 0 Å². The van der Waals surface area contributed by atoms with Crippen LogP contribution in [0.2, 0.25) is 5.02 Å². The van der Waals surface area contributed by atoms with E-state index in [4.69, 9.17) is 21.3 Å². The third kappa shape index (κ3) is 4.75. The molecule has 0 atom stereocenters. The Morgan fingerprint density at radius 3 is 2.65 bits per heavy atom. The van der Waals surface area contributed by atoms with Crippen LogP contribution < -0.4 is 9.64 Å². The smallest absolute Gasteiger partial charge is 0.270 e. The summed E-state index contributed by atoms with van der Waals surface area (Å²) in [6.07, 6.45) is 3.69. The van der Waals surface area contributed by atoms with Gasteiger partial charge in [-0.25, -0.2) is 0 Å². The number of benzodiazepines with no additional fused rings is 1. The van der Waals surface area contributed by atoms with Crippen molar-refractivity contribution in [3.63, 3.8) is 0 Å². The van der Waals surface area contributed by atoms with Crippen molar-refractivity contribution in [1.82, 2.24) is 0 Å². The molecule has 1 aliphatic heterocycles. The third-order valence-electron chi connectivity index (χ3n) is 4.98. The van der Waals surface area contributed by atoms with Gasteiger partial charge in [0.1, 0.15) is 11.5 Å². The van der Waals surface area contributed by atoms with Gasteiger partial charge in [0.15, 0.2) is 0 Å². The Bertz CT molecular complexity index is 1170. The maximum Gasteiger partial charge on any atom is 0.270 e. The molecule has 156 valence electrons. The number of nitro benzene ring substituents is 1. The fourth-order valence-electron chi connectivity index (χ4n) is 3.36. The van der Waals surface area contributed by atoms with E-state index in [2.05, 4.69) is 11.0 Å². The number of halogens is 1. The highest BCUT2D eigenvalue weighted by molar-refractivity contribution is 6.30. The van der Waals surface area contributed by atoms with E-state index in [9.17, 15) is 10.1 Å². The van der Waals surface area contributed by atoms with Crippen LogP contribution in [0.4, 0.5) is 11.4 Å². The molecule has 0 N–H and O–H groups in total. The molecule has 0 fully saturated rings. The second-order valence-electron chi connectivity index (χ2n) is 7.07. The first-order valence-corrected chi connectivity index (χ1v) is 10.1. The van der Waals surface area contributed by atoms with Gasteiger partial charge in [0.05, 0.1) is 17.2 Å². The van der Waals surface area contributed by atoms with Gasteiger partial charge < -0.3 is 9.64 Å². The number of para-hydroxylation sites is 1. The molecule has 0 aliphatic carbocycles. The Morgan fingerprint density at radius 2 is 1.87 bits per heavy atom. The molecule has 0 spiro atoms. The average Bonchev–Trinajstić information content (AvgIpc) is 2.93. The van der Waals surface area contributed by atoms with E-state index in [0.717, 1.165) is 23.5 Å². The van der Waals surface area contributed by atoms with E-state index >= 15 is 0 Å². The summed E-state index contributed by atoms with van der Waals surface area (Å²) in [4.78, 5) is 17.8. The minimum absolute atomic E-state index is 0.00829. The standard InChI is InChI=1S/C24H20ClN3O3/c1-27-15-14-26-22(21-4-2-3-5-23(21)27)12-6-17-16-19(28(29)30)9-13-24(17)31-20-10-7-18(25)8-11-20/h2-13,16H,14-15H2,1H3. The third-order valence-corrected chi connectivity index (χ3v) is 5.23. The first-order chi connectivity index (χ1) is 15.0. The minimum Gasteiger partial charge on any atom is -0.457 e. The average molecular weight is 434 g/mol. The molecule has 1 heterocycles. The van der Waals surface area contributed by atoms with Crippen LogP contribution in [0.1, 0.15) is 11.1 Å². The lowest BCUT2D eigenvalue weighted by molar-refractivity contribution is -0.384. The maximum absolute atomic E-state index is 11.3. The lowest BCUT2D eigenvalue weighted by atomic mass is 10.1. The maximum atomic E-state index is 11.3. The number of fused-ring (bicyclic) bond motifs is 1. The first-order valence-electron chi connectivity index (χ1n) is 9.76. The van der Waals surface area contributed by atoms with Crippen LogP contribution >= 0.6 is 11.6 Å². The van der Waals surface area contributed by atoms with Crippen molar-refractivity contribution >= 4 is 34.8 Å². The van der Waals surface area contributed by atoms with Gasteiger partial charge in [0.2, 0.25) is 0 Å². The summed E-state index contributed by atoms with van der Waals surface area (Å²) >= 11 is 5.94. The molecule has 7 heteroatoms. The summed E-state index contributed by atoms with van der Waals surface area (Å²) in [5.74, 6) is 1.09. The second-order valence-corrected chi connectivity index (χ2v) is 7.51. The highest BCUT2D eigenvalue weighted by Crippen LogP contribution is 2.31. The van der Waals surface area contributed by atoms with Gasteiger partial charge >= 0.3 is 0 Å². The van der Waals surface area contributed by atoms with Crippen LogP contribution in [0.15, 0.2) is 77.8 Å². The number of aliphatic imine (C=N–C) groups is 1. The first kappa shape index (κ1) is 20.6. The Labute approximate surface area is 185 Å². The minimum atomic E-state index is -0.420. The normalized spacial score (nSPS) is 13.5. The van der Waals surface area contributed by atoms with Crippen LogP contribution in [-0.4, -0.2) is 30.8 Å². The predicted octanol–water partition coefficient (Wildman–Crippen LogP) is 5.99. The van der Waals surface area contributed by atoms with Crippen LogP contribution in [0.5, 0.6) is 11.5 Å². The molecule has 0 saturated carbocycles. The predicted molar refractivity (Wildman–Crippen MR) is 125 cm³/mol. The molecule has 0 radical (unpaired) electrons. The van der Waals surface area contributed by atoms with Crippen molar-refractivity contribution in [2.24, 2.45) is 4.99 Å². The molecule has 4 rings (SSSR count). The van der Waals surface area contributed by atoms with Crippen LogP contribution in [-0.2, 0) is 0 Å². The molecule has 0 saturated heterocycles. The van der Waals surface area contributed by atoms with E-state index in [-0.39, 0.29) is 5.69 Å². The number of hydrogen-bond acceptors (Lipinski definition) is 5. The van der Waals surface area contributed by atoms with Gasteiger partial charge in [-0.15, -0.1) is 0 Å². The number of non-ortho nitro benzene ring substituents is 1. The summed E-state index contributed by atoms with van der Waals surface area (Å²) in [7, 11) is 2.04. The SMILES string of the molecule is CN1CCN=C(C=Cc2cc([N+](=O)[O-])ccc2Oc2ccc(Cl)cc2)c2ccccc21. The molecule has 0 amide bonds.